The summed E-state index contributed by atoms with van der Waals surface area (Å²) >= 11 is 0. The maximum atomic E-state index is 14.2. The number of piperidine rings is 1. The lowest BCUT2D eigenvalue weighted by molar-refractivity contribution is -0.918. The normalized spacial score (nSPS) is 15.4. The van der Waals surface area contributed by atoms with Crippen LogP contribution in [-0.4, -0.2) is 18.2 Å². The fourth-order valence-corrected chi connectivity index (χ4v) is 4.84. The van der Waals surface area contributed by atoms with Crippen LogP contribution in [0.25, 0.3) is 32.9 Å². The van der Waals surface area contributed by atoms with Gasteiger partial charge in [-0.25, -0.2) is 0 Å². The third-order valence-corrected chi connectivity index (χ3v) is 6.44. The van der Waals surface area contributed by atoms with Gasteiger partial charge in [0.05, 0.1) is 29.6 Å². The van der Waals surface area contributed by atoms with Gasteiger partial charge in [0.15, 0.2) is 5.58 Å². The van der Waals surface area contributed by atoms with Crippen molar-refractivity contribution in [3.63, 3.8) is 0 Å². The Morgan fingerprint density at radius 1 is 0.909 bits per heavy atom. The molecule has 2 heterocycles. The smallest absolute Gasteiger partial charge is 0.450 e. The van der Waals surface area contributed by atoms with E-state index in [4.69, 9.17) is 4.42 Å². The second-order valence-electron chi connectivity index (χ2n) is 8.59. The number of phenolic OH excluding ortho intramolecular Hbond substituents is 1. The predicted molar refractivity (Wildman–Crippen MR) is 120 cm³/mol. The molecular formula is C26H23F3NO3+. The maximum absolute atomic E-state index is 14.2. The van der Waals surface area contributed by atoms with E-state index in [-0.39, 0.29) is 27.8 Å². The van der Waals surface area contributed by atoms with Gasteiger partial charge >= 0.3 is 6.18 Å². The first-order valence-corrected chi connectivity index (χ1v) is 11.0. The molecule has 0 spiro atoms. The van der Waals surface area contributed by atoms with Crippen molar-refractivity contribution in [3.8, 4) is 16.9 Å². The molecule has 0 saturated carbocycles. The molecule has 33 heavy (non-hydrogen) atoms. The number of likely N-dealkylation sites (tertiary alicyclic amines) is 1. The van der Waals surface area contributed by atoms with E-state index in [0.717, 1.165) is 42.6 Å². The molecule has 4 nitrogen and oxygen atoms in total. The van der Waals surface area contributed by atoms with Crippen molar-refractivity contribution >= 4 is 21.7 Å². The SMILES string of the molecule is O=c1c(-c2cccc3ccccc23)c(C(F)(F)F)oc2c(C[NH+]3CCCCC3)c(O)ccc12. The molecule has 2 N–H and O–H groups in total. The number of rotatable bonds is 3. The number of benzene rings is 3. The van der Waals surface area contributed by atoms with Gasteiger partial charge in [-0.3, -0.25) is 4.79 Å². The molecule has 0 amide bonds. The van der Waals surface area contributed by atoms with E-state index in [1.54, 1.807) is 36.4 Å². The zero-order valence-electron chi connectivity index (χ0n) is 17.8. The number of quaternary nitrogens is 1. The number of phenols is 1. The summed E-state index contributed by atoms with van der Waals surface area (Å²) in [4.78, 5) is 14.7. The number of halogens is 3. The van der Waals surface area contributed by atoms with Crippen LogP contribution in [0.4, 0.5) is 13.2 Å². The van der Waals surface area contributed by atoms with Crippen molar-refractivity contribution in [2.45, 2.75) is 32.0 Å². The number of hydrogen-bond donors (Lipinski definition) is 2. The Morgan fingerprint density at radius 3 is 2.39 bits per heavy atom. The van der Waals surface area contributed by atoms with Gasteiger partial charge in [0.2, 0.25) is 11.2 Å². The minimum atomic E-state index is -4.89. The highest BCUT2D eigenvalue weighted by molar-refractivity contribution is 5.99. The maximum Gasteiger partial charge on any atom is 0.450 e. The average molecular weight is 454 g/mol. The Kier molecular flexibility index (Phi) is 5.37. The Morgan fingerprint density at radius 2 is 1.64 bits per heavy atom. The van der Waals surface area contributed by atoms with E-state index in [1.807, 2.05) is 0 Å². The van der Waals surface area contributed by atoms with Crippen LogP contribution in [0.1, 0.15) is 30.6 Å². The third kappa shape index (κ3) is 3.86. The fraction of sp³-hybridized carbons (Fsp3) is 0.269. The first-order chi connectivity index (χ1) is 15.8. The van der Waals surface area contributed by atoms with Gasteiger partial charge in [-0.05, 0) is 47.7 Å². The molecule has 0 radical (unpaired) electrons. The molecule has 0 bridgehead atoms. The van der Waals surface area contributed by atoms with Crippen LogP contribution in [0.5, 0.6) is 5.75 Å². The molecule has 1 aliphatic rings. The lowest BCUT2D eigenvalue weighted by Gasteiger charge is -2.24. The van der Waals surface area contributed by atoms with Gasteiger partial charge in [-0.2, -0.15) is 13.2 Å². The summed E-state index contributed by atoms with van der Waals surface area (Å²) in [5, 5.41) is 11.8. The molecular weight excluding hydrogens is 431 g/mol. The summed E-state index contributed by atoms with van der Waals surface area (Å²) < 4.78 is 48.2. The molecule has 7 heteroatoms. The second kappa shape index (κ2) is 8.23. The quantitative estimate of drug-likeness (QED) is 0.463. The minimum absolute atomic E-state index is 0.0372. The van der Waals surface area contributed by atoms with Gasteiger partial charge in [0.1, 0.15) is 12.3 Å². The van der Waals surface area contributed by atoms with Crippen molar-refractivity contribution in [2.24, 2.45) is 0 Å². The topological polar surface area (TPSA) is 54.9 Å². The summed E-state index contributed by atoms with van der Waals surface area (Å²) in [6, 6.07) is 14.6. The lowest BCUT2D eigenvalue weighted by atomic mass is 9.95. The van der Waals surface area contributed by atoms with E-state index in [0.29, 0.717) is 11.9 Å². The van der Waals surface area contributed by atoms with Crippen molar-refractivity contribution in [2.75, 3.05) is 13.1 Å². The molecule has 3 aromatic carbocycles. The Balaban J connectivity index is 1.80. The van der Waals surface area contributed by atoms with Crippen LogP contribution < -0.4 is 10.3 Å². The number of hydrogen-bond acceptors (Lipinski definition) is 3. The molecule has 1 saturated heterocycles. The van der Waals surface area contributed by atoms with Crippen LogP contribution in [0, 0.1) is 0 Å². The van der Waals surface area contributed by atoms with Gasteiger partial charge < -0.3 is 14.4 Å². The van der Waals surface area contributed by atoms with Gasteiger partial charge in [-0.15, -0.1) is 0 Å². The van der Waals surface area contributed by atoms with E-state index in [1.165, 1.54) is 18.2 Å². The fourth-order valence-electron chi connectivity index (χ4n) is 4.84. The highest BCUT2D eigenvalue weighted by Crippen LogP contribution is 2.40. The Bertz CT molecular complexity index is 1400. The lowest BCUT2D eigenvalue weighted by Crippen LogP contribution is -3.11. The number of fused-ring (bicyclic) bond motifs is 2. The zero-order valence-corrected chi connectivity index (χ0v) is 17.8. The van der Waals surface area contributed by atoms with E-state index in [2.05, 4.69) is 0 Å². The second-order valence-corrected chi connectivity index (χ2v) is 8.59. The monoisotopic (exact) mass is 454 g/mol. The summed E-state index contributed by atoms with van der Waals surface area (Å²) in [7, 11) is 0. The summed E-state index contributed by atoms with van der Waals surface area (Å²) in [5.41, 5.74) is -1.03. The van der Waals surface area contributed by atoms with Gasteiger partial charge in [0.25, 0.3) is 0 Å². The summed E-state index contributed by atoms with van der Waals surface area (Å²) in [6.07, 6.45) is -1.74. The molecule has 0 unspecified atom stereocenters. The first-order valence-electron chi connectivity index (χ1n) is 11.0. The average Bonchev–Trinajstić information content (AvgIpc) is 2.80. The minimum Gasteiger partial charge on any atom is -0.507 e. The highest BCUT2D eigenvalue weighted by Gasteiger charge is 2.40. The predicted octanol–water partition coefficient (Wildman–Crippen LogP) is 4.91. The highest BCUT2D eigenvalue weighted by atomic mass is 19.4. The van der Waals surface area contributed by atoms with Crippen molar-refractivity contribution < 1.29 is 27.6 Å². The van der Waals surface area contributed by atoms with Crippen molar-refractivity contribution in [1.82, 2.24) is 0 Å². The van der Waals surface area contributed by atoms with Crippen LogP contribution in [0.15, 0.2) is 63.8 Å². The van der Waals surface area contributed by atoms with Crippen LogP contribution in [0.3, 0.4) is 0 Å². The van der Waals surface area contributed by atoms with Gasteiger partial charge in [-0.1, -0.05) is 42.5 Å². The summed E-state index contributed by atoms with van der Waals surface area (Å²) in [6.45, 7) is 2.03. The van der Waals surface area contributed by atoms with Gasteiger partial charge in [0, 0.05) is 0 Å². The van der Waals surface area contributed by atoms with E-state index < -0.39 is 22.9 Å². The number of aromatic hydroxyl groups is 1. The Hall–Kier alpha value is -3.32. The van der Waals surface area contributed by atoms with Crippen LogP contribution in [-0.2, 0) is 12.7 Å². The van der Waals surface area contributed by atoms with Crippen molar-refractivity contribution in [1.29, 1.82) is 0 Å². The molecule has 170 valence electrons. The van der Waals surface area contributed by atoms with E-state index >= 15 is 0 Å². The van der Waals surface area contributed by atoms with E-state index in [9.17, 15) is 23.1 Å². The van der Waals surface area contributed by atoms with Crippen LogP contribution >= 0.6 is 0 Å². The Labute approximate surface area is 187 Å². The summed E-state index contributed by atoms with van der Waals surface area (Å²) in [5.74, 6) is -1.49. The number of nitrogens with one attached hydrogen (secondary N) is 1. The molecule has 1 fully saturated rings. The molecule has 5 rings (SSSR count). The molecule has 4 aromatic rings. The first kappa shape index (κ1) is 21.5. The third-order valence-electron chi connectivity index (χ3n) is 6.44. The molecule has 0 atom stereocenters. The standard InChI is InChI=1S/C26H22F3NO3/c27-26(28,29)25-22(18-10-6-8-16-7-2-3-9-17(16)18)23(32)19-11-12-21(31)20(24(19)33-25)15-30-13-4-1-5-14-30/h2-3,6-12,31H,1,4-5,13-15H2/p+1. The largest absolute Gasteiger partial charge is 0.507 e. The molecule has 1 aliphatic heterocycles. The zero-order chi connectivity index (χ0) is 23.2. The molecule has 0 aliphatic carbocycles. The van der Waals surface area contributed by atoms with Crippen LogP contribution in [0.2, 0.25) is 0 Å². The number of alkyl halides is 3. The molecule has 1 aromatic heterocycles. The van der Waals surface area contributed by atoms with Crippen molar-refractivity contribution in [3.05, 3.63) is 76.1 Å².